The minimum absolute atomic E-state index is 0. The first kappa shape index (κ1) is 57.0. The summed E-state index contributed by atoms with van der Waals surface area (Å²) in [5.74, 6) is -1.16. The Bertz CT molecular complexity index is 3610. The standard InChI is InChI=1S/C28H30F2N8O.C22H18F2N6O2.C6H14N2.H2S/c1-28(2)9-7-23-34-25-19(29)11-17(12-21(25)38(23)28)24-20(30)14-32-27(35-24)33-22-6-5-16(13-31-22)26(39)37-10-8-18(15-37)36(3)4;1-22(2)6-5-17-28-19-13(23)7-12(8-15(19)30(17)22)18-14(24)10-26-21(29-18)27-16-4-3-11(9-25-16)20(31)32;1-8(2)6-3-4-7-5-6;/h5-6,11-14,18H,7-10,15H2,1-4H3,(H,31,32,33,35);3-4,7-10H,5-6H2,1-2H3,(H,31,32)(H,25,26,27,29);6-7H,3-5H2,1-2H3;1H2/t18-;;6-;/m0.0./s1. The van der Waals surface area contributed by atoms with Crippen LogP contribution in [0, 0.1) is 23.3 Å². The number of aromatic carboxylic acids is 1. The van der Waals surface area contributed by atoms with Crippen LogP contribution in [-0.4, -0.2) is 147 Å². The lowest BCUT2D eigenvalue weighted by molar-refractivity contribution is 0.0695. The summed E-state index contributed by atoms with van der Waals surface area (Å²) in [4.78, 5) is 63.8. The number of carbonyl (C=O) groups excluding carboxylic acids is 1. The Morgan fingerprint density at radius 3 is 1.52 bits per heavy atom. The van der Waals surface area contributed by atoms with Crippen molar-refractivity contribution in [2.75, 3.05) is 65.0 Å². The number of carboxylic acid groups (broad SMARTS) is 1. The molecule has 24 heteroatoms. The third-order valence-electron chi connectivity index (χ3n) is 15.2. The van der Waals surface area contributed by atoms with Gasteiger partial charge in [0.15, 0.2) is 23.3 Å². The number of carboxylic acids is 1. The van der Waals surface area contributed by atoms with Crippen molar-refractivity contribution in [3.63, 3.8) is 0 Å². The third kappa shape index (κ3) is 11.7. The van der Waals surface area contributed by atoms with Crippen molar-refractivity contribution in [1.82, 2.24) is 69.0 Å². The lowest BCUT2D eigenvalue weighted by Crippen LogP contribution is -2.34. The molecule has 0 aliphatic carbocycles. The van der Waals surface area contributed by atoms with Crippen LogP contribution in [-0.2, 0) is 23.9 Å². The van der Waals surface area contributed by atoms with E-state index in [2.05, 4.69) is 107 Å². The normalized spacial score (nSPS) is 17.6. The number of halogens is 4. The largest absolute Gasteiger partial charge is 0.478 e. The topological polar surface area (TPSA) is 213 Å². The lowest BCUT2D eigenvalue weighted by atomic mass is 10.0. The van der Waals surface area contributed by atoms with Crippen LogP contribution in [0.4, 0.5) is 41.1 Å². The van der Waals surface area contributed by atoms with Crippen molar-refractivity contribution in [2.45, 2.75) is 89.4 Å². The van der Waals surface area contributed by atoms with Crippen LogP contribution in [0.5, 0.6) is 0 Å². The van der Waals surface area contributed by atoms with Crippen molar-refractivity contribution in [3.8, 4) is 22.5 Å². The van der Waals surface area contributed by atoms with E-state index < -0.39 is 29.2 Å². The molecule has 80 heavy (non-hydrogen) atoms. The van der Waals surface area contributed by atoms with Crippen LogP contribution in [0.25, 0.3) is 44.6 Å². The quantitative estimate of drug-likeness (QED) is 0.0943. The van der Waals surface area contributed by atoms with E-state index in [0.29, 0.717) is 47.1 Å². The number of aryl methyl sites for hydroxylation is 2. The summed E-state index contributed by atoms with van der Waals surface area (Å²) in [6.45, 7) is 12.1. The molecule has 12 rings (SSSR count). The Morgan fingerprint density at radius 2 is 1.12 bits per heavy atom. The monoisotopic (exact) mass is 1120 g/mol. The zero-order valence-electron chi connectivity index (χ0n) is 45.7. The number of likely N-dealkylation sites (N-methyl/N-ethyl adjacent to an activating group) is 2. The molecule has 4 aliphatic heterocycles. The molecule has 0 bridgehead atoms. The fourth-order valence-corrected chi connectivity index (χ4v) is 10.7. The van der Waals surface area contributed by atoms with Gasteiger partial charge < -0.3 is 44.9 Å². The molecule has 19 nitrogen and oxygen atoms in total. The van der Waals surface area contributed by atoms with Crippen molar-refractivity contribution < 1.29 is 32.3 Å². The second-order valence-electron chi connectivity index (χ2n) is 22.0. The second-order valence-corrected chi connectivity index (χ2v) is 22.0. The maximum atomic E-state index is 15.1. The van der Waals surface area contributed by atoms with E-state index in [1.807, 2.05) is 28.1 Å². The maximum absolute atomic E-state index is 15.1. The molecule has 0 unspecified atom stereocenters. The Hall–Kier alpha value is -7.67. The van der Waals surface area contributed by atoms with Gasteiger partial charge >= 0.3 is 5.97 Å². The molecule has 420 valence electrons. The molecule has 0 saturated carbocycles. The number of anilines is 4. The molecule has 0 spiro atoms. The number of carbonyl (C=O) groups is 2. The SMILES string of the molecule is CC1(C)CCc2nc3c(F)cc(-c4nc(Nc5ccc(C(=O)O)cn5)ncc4F)cc3n21.CN(C)[C@H]1CCN(C(=O)c2ccc(Nc3ncc(F)c(-c4cc(F)c5nc6n(c5c4)C(C)(C)CC6)n3)nc2)C1.CN(C)[C@H]1CCNC1.S. The highest BCUT2D eigenvalue weighted by molar-refractivity contribution is 7.59. The molecule has 0 radical (unpaired) electrons. The van der Waals surface area contributed by atoms with Crippen molar-refractivity contribution in [3.05, 3.63) is 119 Å². The van der Waals surface area contributed by atoms with E-state index in [9.17, 15) is 22.8 Å². The van der Waals surface area contributed by atoms with Gasteiger partial charge in [-0.05, 0) is 137 Å². The first-order valence-electron chi connectivity index (χ1n) is 26.1. The van der Waals surface area contributed by atoms with E-state index in [1.165, 1.54) is 56.2 Å². The zero-order valence-corrected chi connectivity index (χ0v) is 46.7. The van der Waals surface area contributed by atoms with Crippen LogP contribution in [0.2, 0.25) is 0 Å². The van der Waals surface area contributed by atoms with Crippen LogP contribution >= 0.6 is 13.5 Å². The van der Waals surface area contributed by atoms with E-state index >= 15 is 4.39 Å². The number of aromatic nitrogens is 10. The van der Waals surface area contributed by atoms with Gasteiger partial charge in [-0.15, -0.1) is 0 Å². The number of likely N-dealkylation sites (tertiary alicyclic amines) is 1. The number of amides is 1. The van der Waals surface area contributed by atoms with Gasteiger partial charge in [-0.3, -0.25) is 4.79 Å². The average molecular weight is 1120 g/mol. The number of pyridine rings is 2. The van der Waals surface area contributed by atoms with Crippen LogP contribution in [0.3, 0.4) is 0 Å². The molecule has 4 aliphatic rings. The maximum Gasteiger partial charge on any atom is 0.337 e. The highest BCUT2D eigenvalue weighted by atomic mass is 32.1. The van der Waals surface area contributed by atoms with E-state index in [4.69, 9.17) is 5.11 Å². The summed E-state index contributed by atoms with van der Waals surface area (Å²) in [7, 11) is 8.31. The minimum atomic E-state index is -1.10. The van der Waals surface area contributed by atoms with Crippen molar-refractivity contribution in [2.24, 2.45) is 0 Å². The molecule has 8 aromatic rings. The molecule has 2 saturated heterocycles. The first-order valence-corrected chi connectivity index (χ1v) is 26.1. The molecule has 10 heterocycles. The summed E-state index contributed by atoms with van der Waals surface area (Å²) in [6.07, 6.45) is 10.3. The van der Waals surface area contributed by atoms with E-state index in [1.54, 1.807) is 24.3 Å². The van der Waals surface area contributed by atoms with Gasteiger partial charge in [0, 0.05) is 79.2 Å². The number of fused-ring (bicyclic) bond motifs is 6. The van der Waals surface area contributed by atoms with Gasteiger partial charge in [0.1, 0.15) is 45.7 Å². The molecular weight excluding hydrogens is 1050 g/mol. The molecule has 6 aromatic heterocycles. The summed E-state index contributed by atoms with van der Waals surface area (Å²) >= 11 is 0. The number of benzene rings is 2. The summed E-state index contributed by atoms with van der Waals surface area (Å²) in [6, 6.07) is 13.2. The van der Waals surface area contributed by atoms with Gasteiger partial charge in [0.05, 0.1) is 34.6 Å². The van der Waals surface area contributed by atoms with Gasteiger partial charge in [-0.2, -0.15) is 13.5 Å². The van der Waals surface area contributed by atoms with Crippen LogP contribution in [0.1, 0.15) is 85.7 Å². The smallest absolute Gasteiger partial charge is 0.337 e. The molecule has 1 amide bonds. The second kappa shape index (κ2) is 22.8. The minimum Gasteiger partial charge on any atom is -0.478 e. The summed E-state index contributed by atoms with van der Waals surface area (Å²) in [5, 5.41) is 18.0. The molecule has 2 fully saturated rings. The Morgan fingerprint density at radius 1 is 0.637 bits per heavy atom. The number of nitrogens with zero attached hydrogens (tertiary/aromatic N) is 13. The fourth-order valence-electron chi connectivity index (χ4n) is 10.7. The molecule has 2 atom stereocenters. The number of imidazole rings is 2. The number of nitrogens with one attached hydrogen (secondary N) is 3. The summed E-state index contributed by atoms with van der Waals surface area (Å²) in [5.41, 5.74) is 2.27. The fraction of sp³-hybridized carbons (Fsp3) is 0.393. The molecule has 2 aromatic carbocycles. The van der Waals surface area contributed by atoms with Gasteiger partial charge in [-0.1, -0.05) is 0 Å². The number of rotatable bonds is 10. The van der Waals surface area contributed by atoms with Gasteiger partial charge in [0.25, 0.3) is 5.91 Å². The van der Waals surface area contributed by atoms with Crippen molar-refractivity contribution >= 4 is 71.0 Å². The Balaban J connectivity index is 0.000000170. The van der Waals surface area contributed by atoms with Crippen molar-refractivity contribution in [1.29, 1.82) is 0 Å². The molecular formula is C56H64F4N16O3S. The summed E-state index contributed by atoms with van der Waals surface area (Å²) < 4.78 is 63.6. The first-order chi connectivity index (χ1) is 37.6. The predicted molar refractivity (Wildman–Crippen MR) is 302 cm³/mol. The highest BCUT2D eigenvalue weighted by Gasteiger charge is 2.35. The van der Waals surface area contributed by atoms with Crippen LogP contribution in [0.15, 0.2) is 73.3 Å². The Kier molecular flexibility index (Phi) is 16.3. The third-order valence-corrected chi connectivity index (χ3v) is 15.2. The van der Waals surface area contributed by atoms with E-state index in [-0.39, 0.29) is 81.7 Å². The number of hydrogen-bond acceptors (Lipinski definition) is 15. The average Bonchev–Trinajstić information content (AvgIpc) is 4.48. The van der Waals surface area contributed by atoms with Crippen LogP contribution < -0.4 is 16.0 Å². The predicted octanol–water partition coefficient (Wildman–Crippen LogP) is 8.68. The van der Waals surface area contributed by atoms with Gasteiger partial charge in [-0.25, -0.2) is 62.2 Å². The Labute approximate surface area is 466 Å². The number of hydrogen-bond donors (Lipinski definition) is 4. The van der Waals surface area contributed by atoms with Gasteiger partial charge in [0.2, 0.25) is 11.9 Å². The lowest BCUT2D eigenvalue weighted by Gasteiger charge is -2.22. The highest BCUT2D eigenvalue weighted by Crippen LogP contribution is 2.40. The molecule has 4 N–H and O–H groups in total. The zero-order chi connectivity index (χ0) is 56.1. The van der Waals surface area contributed by atoms with E-state index in [0.717, 1.165) is 62.2 Å².